The molecule has 0 bridgehead atoms. The molecular formula is C24H8N8. The summed E-state index contributed by atoms with van der Waals surface area (Å²) in [6.07, 6.45) is 0. The molecule has 8 nitrogen and oxygen atoms in total. The first-order chi connectivity index (χ1) is 15.7. The van der Waals surface area contributed by atoms with E-state index in [1.165, 1.54) is 0 Å². The van der Waals surface area contributed by atoms with E-state index in [-0.39, 0.29) is 28.4 Å². The molecule has 0 saturated heterocycles. The van der Waals surface area contributed by atoms with Crippen molar-refractivity contribution in [3.05, 3.63) is 88.3 Å². The van der Waals surface area contributed by atoms with Crippen molar-refractivity contribution in [2.24, 2.45) is 0 Å². The van der Waals surface area contributed by atoms with Gasteiger partial charge in [-0.3, -0.25) is 0 Å². The van der Waals surface area contributed by atoms with Gasteiger partial charge in [0.2, 0.25) is 0 Å². The van der Waals surface area contributed by atoms with Crippen LogP contribution in [0, 0.1) is 40.6 Å². The first-order valence-electron chi connectivity index (χ1n) is 9.31. The summed E-state index contributed by atoms with van der Waals surface area (Å²) in [5.74, 6) is 0. The van der Waals surface area contributed by atoms with Crippen LogP contribution < -0.4 is 0 Å². The van der Waals surface area contributed by atoms with E-state index in [1.807, 2.05) is 66.7 Å². The zero-order chi connectivity index (χ0) is 22.2. The third-order valence-corrected chi connectivity index (χ3v) is 5.07. The largest absolute Gasteiger partial charge is 0.271 e. The number of nitriles is 3. The molecule has 1 aliphatic rings. The Kier molecular flexibility index (Phi) is 4.13. The number of benzene rings is 2. The van der Waals surface area contributed by atoms with Crippen molar-refractivity contribution >= 4 is 16.9 Å². The summed E-state index contributed by atoms with van der Waals surface area (Å²) in [5.41, 5.74) is 4.15. The van der Waals surface area contributed by atoms with Gasteiger partial charge < -0.3 is 0 Å². The molecule has 2 aromatic carbocycles. The number of fused-ring (bicyclic) bond motifs is 4. The lowest BCUT2D eigenvalue weighted by atomic mass is 9.97. The molecule has 0 N–H and O–H groups in total. The number of hydrogen-bond acceptors (Lipinski definition) is 7. The fraction of sp³-hybridized carbons (Fsp3) is 0. The molecule has 5 rings (SSSR count). The van der Waals surface area contributed by atoms with Crippen LogP contribution in [-0.4, -0.2) is 19.9 Å². The Labute approximate surface area is 181 Å². The molecule has 2 heterocycles. The topological polar surface area (TPSA) is 127 Å². The molecule has 0 amide bonds. The monoisotopic (exact) mass is 408 g/mol. The SMILES string of the molecule is [C-]#[N+]/C(C#N)=C1\c2cc(-c3ccccc3)ccc2-c2nc3nc(C#N)c(C#N)nc3nc21. The van der Waals surface area contributed by atoms with Gasteiger partial charge in [0.1, 0.15) is 12.1 Å². The van der Waals surface area contributed by atoms with Crippen molar-refractivity contribution in [3.8, 4) is 40.6 Å². The summed E-state index contributed by atoms with van der Waals surface area (Å²) in [5, 5.41) is 28.1. The lowest BCUT2D eigenvalue weighted by molar-refractivity contribution is 1.11. The van der Waals surface area contributed by atoms with Gasteiger partial charge in [0.05, 0.1) is 24.0 Å². The minimum Gasteiger partial charge on any atom is -0.226 e. The van der Waals surface area contributed by atoms with Gasteiger partial charge in [0.25, 0.3) is 5.70 Å². The van der Waals surface area contributed by atoms with E-state index >= 15 is 0 Å². The van der Waals surface area contributed by atoms with Crippen LogP contribution in [0.3, 0.4) is 0 Å². The molecule has 0 atom stereocenters. The summed E-state index contributed by atoms with van der Waals surface area (Å²) in [6, 6.07) is 21.0. The standard InChI is InChI=1S/C24H8N8/c1-28-19(12-27)20-16-9-14(13-5-3-2-4-6-13)7-8-15(16)21-22(20)32-24-23(31-21)29-17(10-25)18(11-26)30-24/h2-9H/b20-19+. The Morgan fingerprint density at radius 3 is 2.00 bits per heavy atom. The quantitative estimate of drug-likeness (QED) is 0.303. The van der Waals surface area contributed by atoms with Crippen LogP contribution in [0.2, 0.25) is 0 Å². The second-order valence-electron chi connectivity index (χ2n) is 6.79. The van der Waals surface area contributed by atoms with Crippen LogP contribution in [0.25, 0.3) is 44.1 Å². The van der Waals surface area contributed by atoms with Gasteiger partial charge in [-0.05, 0) is 22.8 Å². The van der Waals surface area contributed by atoms with E-state index in [4.69, 9.17) is 6.57 Å². The predicted octanol–water partition coefficient (Wildman–Crippen LogP) is 4.01. The summed E-state index contributed by atoms with van der Waals surface area (Å²) >= 11 is 0. The number of hydrogen-bond donors (Lipinski definition) is 0. The fourth-order valence-electron chi connectivity index (χ4n) is 3.68. The molecule has 8 heteroatoms. The summed E-state index contributed by atoms with van der Waals surface area (Å²) in [6.45, 7) is 7.49. The maximum atomic E-state index is 9.61. The zero-order valence-electron chi connectivity index (χ0n) is 16.2. The first kappa shape index (κ1) is 18.6. The predicted molar refractivity (Wildman–Crippen MR) is 114 cm³/mol. The average molecular weight is 408 g/mol. The van der Waals surface area contributed by atoms with Crippen molar-refractivity contribution < 1.29 is 0 Å². The number of allylic oxidation sites excluding steroid dienone is 1. The van der Waals surface area contributed by atoms with Crippen molar-refractivity contribution in [3.63, 3.8) is 0 Å². The molecule has 144 valence electrons. The number of rotatable bonds is 1. The molecule has 0 fully saturated rings. The van der Waals surface area contributed by atoms with Gasteiger partial charge in [-0.2, -0.15) is 10.5 Å². The zero-order valence-corrected chi connectivity index (χ0v) is 16.2. The van der Waals surface area contributed by atoms with Crippen LogP contribution in [0.1, 0.15) is 22.6 Å². The molecule has 0 radical (unpaired) electrons. The molecule has 1 aliphatic carbocycles. The van der Waals surface area contributed by atoms with E-state index in [0.29, 0.717) is 28.1 Å². The Bertz CT molecular complexity index is 1640. The first-order valence-corrected chi connectivity index (χ1v) is 9.31. The highest BCUT2D eigenvalue weighted by Crippen LogP contribution is 2.45. The van der Waals surface area contributed by atoms with Crippen LogP contribution in [0.5, 0.6) is 0 Å². The molecule has 0 saturated carbocycles. The van der Waals surface area contributed by atoms with Gasteiger partial charge in [-0.25, -0.2) is 30.0 Å². The molecule has 32 heavy (non-hydrogen) atoms. The molecule has 0 aliphatic heterocycles. The Balaban J connectivity index is 1.84. The highest BCUT2D eigenvalue weighted by atomic mass is 15.0. The normalized spacial score (nSPS) is 12.6. The average Bonchev–Trinajstić information content (AvgIpc) is 3.15. The summed E-state index contributed by atoms with van der Waals surface area (Å²) in [7, 11) is 0. The lowest BCUT2D eigenvalue weighted by Gasteiger charge is -2.06. The minimum absolute atomic E-state index is 0.0650. The second-order valence-corrected chi connectivity index (χ2v) is 6.79. The van der Waals surface area contributed by atoms with Crippen LogP contribution in [0.4, 0.5) is 0 Å². The minimum atomic E-state index is -0.160. The van der Waals surface area contributed by atoms with E-state index in [9.17, 15) is 15.8 Å². The van der Waals surface area contributed by atoms with E-state index in [0.717, 1.165) is 11.1 Å². The second kappa shape index (κ2) is 7.11. The molecule has 4 aromatic rings. The summed E-state index contributed by atoms with van der Waals surface area (Å²) < 4.78 is 0. The highest BCUT2D eigenvalue weighted by molar-refractivity contribution is 6.03. The highest BCUT2D eigenvalue weighted by Gasteiger charge is 2.31. The fourth-order valence-corrected chi connectivity index (χ4v) is 3.68. The number of nitrogens with zero attached hydrogens (tertiary/aromatic N) is 8. The van der Waals surface area contributed by atoms with Gasteiger partial charge in [0.15, 0.2) is 22.7 Å². The third-order valence-electron chi connectivity index (χ3n) is 5.07. The van der Waals surface area contributed by atoms with Crippen LogP contribution in [-0.2, 0) is 0 Å². The van der Waals surface area contributed by atoms with Crippen molar-refractivity contribution in [2.45, 2.75) is 0 Å². The van der Waals surface area contributed by atoms with E-state index in [2.05, 4.69) is 24.8 Å². The van der Waals surface area contributed by atoms with Crippen molar-refractivity contribution in [1.29, 1.82) is 15.8 Å². The van der Waals surface area contributed by atoms with E-state index < -0.39 is 0 Å². The van der Waals surface area contributed by atoms with Gasteiger partial charge in [-0.15, -0.1) is 0 Å². The Morgan fingerprint density at radius 2 is 1.41 bits per heavy atom. The summed E-state index contributed by atoms with van der Waals surface area (Å²) in [4.78, 5) is 20.7. The van der Waals surface area contributed by atoms with Crippen LogP contribution >= 0.6 is 0 Å². The Hall–Kier alpha value is -5.44. The van der Waals surface area contributed by atoms with Gasteiger partial charge in [0, 0.05) is 11.1 Å². The maximum absolute atomic E-state index is 9.61. The number of aromatic nitrogens is 4. The van der Waals surface area contributed by atoms with Crippen molar-refractivity contribution in [2.75, 3.05) is 0 Å². The Morgan fingerprint density at radius 1 is 0.750 bits per heavy atom. The van der Waals surface area contributed by atoms with Gasteiger partial charge >= 0.3 is 0 Å². The smallest absolute Gasteiger partial charge is 0.226 e. The molecule has 0 spiro atoms. The maximum Gasteiger partial charge on any atom is 0.271 e. The molecule has 0 unspecified atom stereocenters. The van der Waals surface area contributed by atoms with Crippen molar-refractivity contribution in [1.82, 2.24) is 19.9 Å². The lowest BCUT2D eigenvalue weighted by Crippen LogP contribution is -2.02. The molecule has 2 aromatic heterocycles. The van der Waals surface area contributed by atoms with Crippen LogP contribution in [0.15, 0.2) is 54.2 Å². The third kappa shape index (κ3) is 2.66. The van der Waals surface area contributed by atoms with E-state index in [1.54, 1.807) is 0 Å². The van der Waals surface area contributed by atoms with Gasteiger partial charge in [-0.1, -0.05) is 42.5 Å². The molecular weight excluding hydrogens is 400 g/mol.